The zero-order chi connectivity index (χ0) is 28.2. The Bertz CT molecular complexity index is 1500. The predicted octanol–water partition coefficient (Wildman–Crippen LogP) is 6.76. The monoisotopic (exact) mass is 548 g/mol. The highest BCUT2D eigenvalue weighted by molar-refractivity contribution is 5.91. The molecule has 210 valence electrons. The average Bonchev–Trinajstić information content (AvgIpc) is 3.72. The highest BCUT2D eigenvalue weighted by atomic mass is 16.5. The van der Waals surface area contributed by atoms with Gasteiger partial charge in [0.05, 0.1) is 6.04 Å². The summed E-state index contributed by atoms with van der Waals surface area (Å²) in [7, 11) is 0. The lowest BCUT2D eigenvalue weighted by atomic mass is 9.86. The number of rotatable bonds is 8. The Labute approximate surface area is 241 Å². The van der Waals surface area contributed by atoms with Crippen LogP contribution in [-0.2, 0) is 24.4 Å². The summed E-state index contributed by atoms with van der Waals surface area (Å²) >= 11 is 0. The van der Waals surface area contributed by atoms with Gasteiger partial charge in [0.1, 0.15) is 18.1 Å². The lowest BCUT2D eigenvalue weighted by Crippen LogP contribution is -2.43. The third kappa shape index (κ3) is 6.07. The molecule has 1 fully saturated rings. The number of ether oxygens (including phenoxy) is 1. The summed E-state index contributed by atoms with van der Waals surface area (Å²) in [5.41, 5.74) is 5.70. The molecule has 1 aromatic heterocycles. The van der Waals surface area contributed by atoms with Crippen molar-refractivity contribution in [3.05, 3.63) is 124 Å². The first-order valence-electron chi connectivity index (χ1n) is 14.6. The van der Waals surface area contributed by atoms with Gasteiger partial charge in [-0.3, -0.25) is 9.59 Å². The van der Waals surface area contributed by atoms with E-state index in [-0.39, 0.29) is 36.1 Å². The minimum absolute atomic E-state index is 0.127. The molecule has 1 aliphatic carbocycles. The molecule has 3 aromatic carbocycles. The molecule has 0 spiro atoms. The van der Waals surface area contributed by atoms with Crippen LogP contribution in [0.3, 0.4) is 0 Å². The van der Waals surface area contributed by atoms with Crippen LogP contribution in [0.4, 0.5) is 0 Å². The first-order valence-corrected chi connectivity index (χ1v) is 14.6. The number of aryl methyl sites for hydroxylation is 1. The number of fused-ring (bicyclic) bond motifs is 1. The number of amides is 2. The van der Waals surface area contributed by atoms with E-state index in [2.05, 4.69) is 53.5 Å². The number of nitrogens with zero attached hydrogens (tertiary/aromatic N) is 1. The summed E-state index contributed by atoms with van der Waals surface area (Å²) in [4.78, 5) is 28.3. The summed E-state index contributed by atoms with van der Waals surface area (Å²) in [6, 6.07) is 27.8. The summed E-state index contributed by atoms with van der Waals surface area (Å²) in [6.07, 6.45) is 5.08. The number of furan rings is 1. The van der Waals surface area contributed by atoms with Crippen LogP contribution in [0.25, 0.3) is 0 Å². The summed E-state index contributed by atoms with van der Waals surface area (Å²) < 4.78 is 11.9. The Morgan fingerprint density at radius 3 is 2.51 bits per heavy atom. The van der Waals surface area contributed by atoms with E-state index in [9.17, 15) is 9.59 Å². The van der Waals surface area contributed by atoms with Crippen LogP contribution in [0.15, 0.2) is 89.3 Å². The molecule has 6 heteroatoms. The van der Waals surface area contributed by atoms with Gasteiger partial charge in [0, 0.05) is 19.0 Å². The van der Waals surface area contributed by atoms with Gasteiger partial charge in [-0.05, 0) is 72.7 Å². The number of carbonyl (C=O) groups excluding carboxylic acids is 2. The van der Waals surface area contributed by atoms with Crippen LogP contribution in [-0.4, -0.2) is 23.3 Å². The normalized spacial score (nSPS) is 16.8. The van der Waals surface area contributed by atoms with E-state index >= 15 is 0 Å². The van der Waals surface area contributed by atoms with Gasteiger partial charge in [-0.2, -0.15) is 0 Å². The number of benzene rings is 3. The molecule has 0 unspecified atom stereocenters. The number of carbonyl (C=O) groups is 2. The Morgan fingerprint density at radius 2 is 1.73 bits per heavy atom. The zero-order valence-corrected chi connectivity index (χ0v) is 23.5. The Morgan fingerprint density at radius 1 is 0.951 bits per heavy atom. The third-order valence-electron chi connectivity index (χ3n) is 8.29. The van der Waals surface area contributed by atoms with E-state index in [1.54, 1.807) is 12.1 Å². The van der Waals surface area contributed by atoms with Crippen molar-refractivity contribution >= 4 is 11.8 Å². The maximum Gasteiger partial charge on any atom is 0.287 e. The van der Waals surface area contributed by atoms with Crippen LogP contribution in [0, 0.1) is 12.8 Å². The fourth-order valence-corrected chi connectivity index (χ4v) is 6.03. The van der Waals surface area contributed by atoms with Crippen molar-refractivity contribution in [3.63, 3.8) is 0 Å². The van der Waals surface area contributed by atoms with Crippen molar-refractivity contribution in [3.8, 4) is 5.75 Å². The maximum atomic E-state index is 13.7. The largest absolute Gasteiger partial charge is 0.486 e. The topological polar surface area (TPSA) is 71.8 Å². The van der Waals surface area contributed by atoms with Gasteiger partial charge in [-0.1, -0.05) is 79.1 Å². The van der Waals surface area contributed by atoms with Crippen LogP contribution in [0.5, 0.6) is 5.75 Å². The molecule has 0 saturated heterocycles. The number of hydrogen-bond acceptors (Lipinski definition) is 4. The fourth-order valence-electron chi connectivity index (χ4n) is 6.03. The van der Waals surface area contributed by atoms with E-state index in [1.807, 2.05) is 36.4 Å². The molecule has 1 aliphatic heterocycles. The fraction of sp³-hybridized carbons (Fsp3) is 0.314. The SMILES string of the molecule is Cc1ccc([C@@H]2c3cc(OCc4ccc(C(=O)NCc5ccccc5)o4)ccc3CCN2C(=O)C2CCCC2)cc1. The van der Waals surface area contributed by atoms with Crippen molar-refractivity contribution in [2.45, 2.75) is 58.2 Å². The molecule has 1 N–H and O–H groups in total. The van der Waals surface area contributed by atoms with E-state index in [0.717, 1.165) is 55.3 Å². The van der Waals surface area contributed by atoms with Gasteiger partial charge in [0.15, 0.2) is 5.76 Å². The summed E-state index contributed by atoms with van der Waals surface area (Å²) in [5, 5.41) is 2.89. The molecule has 1 saturated carbocycles. The molecule has 2 aliphatic rings. The first-order chi connectivity index (χ1) is 20.0. The second kappa shape index (κ2) is 12.0. The number of hydrogen-bond donors (Lipinski definition) is 1. The predicted molar refractivity (Wildman–Crippen MR) is 157 cm³/mol. The van der Waals surface area contributed by atoms with Crippen LogP contribution in [0.2, 0.25) is 0 Å². The summed E-state index contributed by atoms with van der Waals surface area (Å²) in [5.74, 6) is 1.68. The highest BCUT2D eigenvalue weighted by Gasteiger charge is 2.36. The first kappa shape index (κ1) is 26.9. The average molecular weight is 549 g/mol. The molecular weight excluding hydrogens is 512 g/mol. The Balaban J connectivity index is 1.18. The van der Waals surface area contributed by atoms with E-state index in [4.69, 9.17) is 9.15 Å². The molecular formula is C35H36N2O4. The van der Waals surface area contributed by atoms with Gasteiger partial charge in [0.25, 0.3) is 5.91 Å². The molecule has 2 heterocycles. The minimum Gasteiger partial charge on any atom is -0.486 e. The van der Waals surface area contributed by atoms with Gasteiger partial charge in [-0.15, -0.1) is 0 Å². The molecule has 41 heavy (non-hydrogen) atoms. The van der Waals surface area contributed by atoms with Gasteiger partial charge in [0.2, 0.25) is 5.91 Å². The van der Waals surface area contributed by atoms with Gasteiger partial charge >= 0.3 is 0 Å². The maximum absolute atomic E-state index is 13.7. The van der Waals surface area contributed by atoms with Crippen molar-refractivity contribution < 1.29 is 18.7 Å². The van der Waals surface area contributed by atoms with Crippen molar-refractivity contribution in [2.24, 2.45) is 5.92 Å². The van der Waals surface area contributed by atoms with Crippen molar-refractivity contribution in [1.82, 2.24) is 10.2 Å². The van der Waals surface area contributed by atoms with Gasteiger partial charge < -0.3 is 19.4 Å². The highest BCUT2D eigenvalue weighted by Crippen LogP contribution is 2.40. The molecule has 6 nitrogen and oxygen atoms in total. The Hall–Kier alpha value is -4.32. The van der Waals surface area contributed by atoms with Crippen molar-refractivity contribution in [1.29, 1.82) is 0 Å². The standard InChI is InChI=1S/C35H36N2O4/c1-24-11-13-27(14-12-24)33-31-21-29(16-15-26(31)19-20-37(33)35(39)28-9-5-6-10-28)40-23-30-17-18-32(41-30)34(38)36-22-25-7-3-2-4-8-25/h2-4,7-8,11-18,21,28,33H,5-6,9-10,19-20,22-23H2,1H3,(H,36,38)/t33-/m1/s1. The molecule has 0 bridgehead atoms. The molecule has 1 atom stereocenters. The lowest BCUT2D eigenvalue weighted by Gasteiger charge is -2.39. The quantitative estimate of drug-likeness (QED) is 0.264. The van der Waals surface area contributed by atoms with Crippen LogP contribution >= 0.6 is 0 Å². The molecule has 0 radical (unpaired) electrons. The minimum atomic E-state index is -0.262. The molecule has 4 aromatic rings. The van der Waals surface area contributed by atoms with E-state index in [0.29, 0.717) is 18.1 Å². The van der Waals surface area contributed by atoms with E-state index in [1.165, 1.54) is 11.1 Å². The number of nitrogens with one attached hydrogen (secondary N) is 1. The summed E-state index contributed by atoms with van der Waals surface area (Å²) in [6.45, 7) is 3.44. The molecule has 6 rings (SSSR count). The lowest BCUT2D eigenvalue weighted by molar-refractivity contribution is -0.137. The molecule has 2 amide bonds. The third-order valence-corrected chi connectivity index (χ3v) is 8.29. The second-order valence-corrected chi connectivity index (χ2v) is 11.2. The van der Waals surface area contributed by atoms with Crippen molar-refractivity contribution in [2.75, 3.05) is 6.54 Å². The van der Waals surface area contributed by atoms with E-state index < -0.39 is 0 Å². The Kier molecular flexibility index (Phi) is 7.90. The zero-order valence-electron chi connectivity index (χ0n) is 23.5. The second-order valence-electron chi connectivity index (χ2n) is 11.2. The smallest absolute Gasteiger partial charge is 0.287 e. The van der Waals surface area contributed by atoms with Gasteiger partial charge in [-0.25, -0.2) is 0 Å². The van der Waals surface area contributed by atoms with Crippen LogP contribution < -0.4 is 10.1 Å². The van der Waals surface area contributed by atoms with Crippen LogP contribution in [0.1, 0.15) is 75.9 Å².